The zero-order valence-corrected chi connectivity index (χ0v) is 15.7. The van der Waals surface area contributed by atoms with Crippen LogP contribution in [-0.4, -0.2) is 39.1 Å². The molecule has 0 fully saturated rings. The lowest BCUT2D eigenvalue weighted by molar-refractivity contribution is -0.115. The molecule has 2 heterocycles. The summed E-state index contributed by atoms with van der Waals surface area (Å²) in [5, 5.41) is 2.23. The van der Waals surface area contributed by atoms with Gasteiger partial charge >= 0.3 is 0 Å². The third-order valence-electron chi connectivity index (χ3n) is 3.89. The molecule has 140 valence electrons. The molecule has 27 heavy (non-hydrogen) atoms. The first kappa shape index (κ1) is 18.7. The third-order valence-corrected chi connectivity index (χ3v) is 6.06. The molecule has 3 aromatic rings. The van der Waals surface area contributed by atoms with Gasteiger partial charge in [0.25, 0.3) is 0 Å². The van der Waals surface area contributed by atoms with Crippen molar-refractivity contribution in [3.8, 4) is 5.95 Å². The maximum Gasteiger partial charge on any atom is 0.234 e. The van der Waals surface area contributed by atoms with E-state index in [9.17, 15) is 13.2 Å². The van der Waals surface area contributed by atoms with Gasteiger partial charge in [-0.25, -0.2) is 23.4 Å². The lowest BCUT2D eigenvalue weighted by atomic mass is 10.1. The Balaban J connectivity index is 1.62. The average Bonchev–Trinajstić information content (AvgIpc) is 3.17. The van der Waals surface area contributed by atoms with Gasteiger partial charge in [-0.15, -0.1) is 0 Å². The molecule has 0 saturated heterocycles. The van der Waals surface area contributed by atoms with E-state index >= 15 is 0 Å². The van der Waals surface area contributed by atoms with Crippen LogP contribution >= 0.6 is 0 Å². The minimum absolute atomic E-state index is 0.116. The maximum atomic E-state index is 12.2. The number of hydrogen-bond acceptors (Lipinski definition) is 6. The number of rotatable bonds is 6. The standard InChI is InChI=1S/C18H19N5O3S/c1-13(2)27(25,26)16-5-3-14(4-6-16)9-17(24)22-15-10-20-18(21-11-15)23-8-7-19-12-23/h3-8,10-13H,9H2,1-2H3,(H,22,24). The van der Waals surface area contributed by atoms with Crippen LogP contribution in [0, 0.1) is 0 Å². The molecule has 0 radical (unpaired) electrons. The van der Waals surface area contributed by atoms with Crippen LogP contribution < -0.4 is 5.32 Å². The van der Waals surface area contributed by atoms with Gasteiger partial charge in [-0.1, -0.05) is 12.1 Å². The van der Waals surface area contributed by atoms with Crippen LogP contribution in [0.3, 0.4) is 0 Å². The molecule has 0 aliphatic rings. The molecule has 0 bridgehead atoms. The SMILES string of the molecule is CC(C)S(=O)(=O)c1ccc(CC(=O)Nc2cnc(-n3ccnc3)nc2)cc1. The number of amides is 1. The predicted octanol–water partition coefficient (Wildman–Crippen LogP) is 2.03. The summed E-state index contributed by atoms with van der Waals surface area (Å²) in [6, 6.07) is 6.35. The molecule has 2 aromatic heterocycles. The fraction of sp³-hybridized carbons (Fsp3) is 0.222. The van der Waals surface area contributed by atoms with Crippen LogP contribution in [0.1, 0.15) is 19.4 Å². The van der Waals surface area contributed by atoms with E-state index in [1.165, 1.54) is 24.5 Å². The number of imidazole rings is 1. The van der Waals surface area contributed by atoms with Crippen LogP contribution in [0.5, 0.6) is 0 Å². The van der Waals surface area contributed by atoms with Gasteiger partial charge in [0.1, 0.15) is 6.33 Å². The first-order valence-electron chi connectivity index (χ1n) is 8.29. The van der Waals surface area contributed by atoms with Crippen molar-refractivity contribution >= 4 is 21.4 Å². The van der Waals surface area contributed by atoms with Crippen LogP contribution in [0.2, 0.25) is 0 Å². The Bertz CT molecular complexity index is 1010. The Labute approximate surface area is 157 Å². The zero-order chi connectivity index (χ0) is 19.4. The van der Waals surface area contributed by atoms with Crippen LogP contribution in [0.4, 0.5) is 5.69 Å². The Kier molecular flexibility index (Phi) is 5.31. The molecular weight excluding hydrogens is 366 g/mol. The van der Waals surface area contributed by atoms with Crippen molar-refractivity contribution in [1.29, 1.82) is 0 Å². The highest BCUT2D eigenvalue weighted by Crippen LogP contribution is 2.17. The fourth-order valence-electron chi connectivity index (χ4n) is 2.36. The van der Waals surface area contributed by atoms with E-state index in [4.69, 9.17) is 0 Å². The summed E-state index contributed by atoms with van der Waals surface area (Å²) in [7, 11) is -3.32. The second kappa shape index (κ2) is 7.67. The first-order chi connectivity index (χ1) is 12.9. The van der Waals surface area contributed by atoms with Gasteiger partial charge in [-0.2, -0.15) is 0 Å². The van der Waals surface area contributed by atoms with E-state index < -0.39 is 15.1 Å². The average molecular weight is 385 g/mol. The molecule has 3 rings (SSSR count). The molecule has 0 unspecified atom stereocenters. The summed E-state index contributed by atoms with van der Waals surface area (Å²) < 4.78 is 25.9. The number of benzene rings is 1. The van der Waals surface area contributed by atoms with Gasteiger partial charge < -0.3 is 5.32 Å². The molecule has 1 N–H and O–H groups in total. The summed E-state index contributed by atoms with van der Waals surface area (Å²) in [4.78, 5) is 24.7. The van der Waals surface area contributed by atoms with Crippen molar-refractivity contribution in [2.24, 2.45) is 0 Å². The van der Waals surface area contributed by atoms with Crippen LogP contribution in [-0.2, 0) is 21.1 Å². The minimum atomic E-state index is -3.32. The molecule has 0 aliphatic heterocycles. The van der Waals surface area contributed by atoms with Gasteiger partial charge in [0.15, 0.2) is 9.84 Å². The number of sulfone groups is 1. The van der Waals surface area contributed by atoms with Gasteiger partial charge in [0.05, 0.1) is 34.6 Å². The molecule has 0 saturated carbocycles. The number of aromatic nitrogens is 4. The number of carbonyl (C=O) groups is 1. The molecule has 0 aliphatic carbocycles. The Hall–Kier alpha value is -3.07. The summed E-state index contributed by atoms with van der Waals surface area (Å²) in [6.45, 7) is 3.27. The number of nitrogens with one attached hydrogen (secondary N) is 1. The lowest BCUT2D eigenvalue weighted by Gasteiger charge is -2.09. The molecular formula is C18H19N5O3S. The predicted molar refractivity (Wildman–Crippen MR) is 100 cm³/mol. The monoisotopic (exact) mass is 385 g/mol. The summed E-state index contributed by atoms with van der Waals surface area (Å²) in [6.07, 6.45) is 8.06. The number of nitrogens with zero attached hydrogens (tertiary/aromatic N) is 4. The highest BCUT2D eigenvalue weighted by Gasteiger charge is 2.18. The quantitative estimate of drug-likeness (QED) is 0.696. The van der Waals surface area contributed by atoms with Crippen molar-refractivity contribution in [3.63, 3.8) is 0 Å². The van der Waals surface area contributed by atoms with E-state index in [-0.39, 0.29) is 17.2 Å². The highest BCUT2D eigenvalue weighted by molar-refractivity contribution is 7.92. The van der Waals surface area contributed by atoms with Crippen molar-refractivity contribution in [1.82, 2.24) is 19.5 Å². The second-order valence-electron chi connectivity index (χ2n) is 6.20. The topological polar surface area (TPSA) is 107 Å². The normalized spacial score (nSPS) is 11.5. The Morgan fingerprint density at radius 3 is 2.37 bits per heavy atom. The van der Waals surface area contributed by atoms with E-state index in [1.807, 2.05) is 0 Å². The first-order valence-corrected chi connectivity index (χ1v) is 9.84. The van der Waals surface area contributed by atoms with E-state index in [0.717, 1.165) is 0 Å². The van der Waals surface area contributed by atoms with E-state index in [1.54, 1.807) is 49.3 Å². The Morgan fingerprint density at radius 2 is 1.81 bits per heavy atom. The highest BCUT2D eigenvalue weighted by atomic mass is 32.2. The molecule has 8 nitrogen and oxygen atoms in total. The summed E-state index contributed by atoms with van der Waals surface area (Å²) >= 11 is 0. The molecule has 1 aromatic carbocycles. The van der Waals surface area contributed by atoms with Crippen LogP contribution in [0.15, 0.2) is 60.3 Å². The van der Waals surface area contributed by atoms with Crippen molar-refractivity contribution in [2.75, 3.05) is 5.32 Å². The minimum Gasteiger partial charge on any atom is -0.323 e. The lowest BCUT2D eigenvalue weighted by Crippen LogP contribution is -2.16. The van der Waals surface area contributed by atoms with Gasteiger partial charge in [-0.05, 0) is 31.5 Å². The fourth-order valence-corrected chi connectivity index (χ4v) is 3.42. The molecule has 0 spiro atoms. The molecule has 9 heteroatoms. The molecule has 0 atom stereocenters. The van der Waals surface area contributed by atoms with Gasteiger partial charge in [-0.3, -0.25) is 9.36 Å². The van der Waals surface area contributed by atoms with E-state index in [0.29, 0.717) is 17.2 Å². The second-order valence-corrected chi connectivity index (χ2v) is 8.71. The van der Waals surface area contributed by atoms with Gasteiger partial charge in [0, 0.05) is 12.4 Å². The summed E-state index contributed by atoms with van der Waals surface area (Å²) in [5.74, 6) is 0.209. The van der Waals surface area contributed by atoms with Crippen molar-refractivity contribution < 1.29 is 13.2 Å². The summed E-state index contributed by atoms with van der Waals surface area (Å²) in [5.41, 5.74) is 1.19. The van der Waals surface area contributed by atoms with Crippen molar-refractivity contribution in [2.45, 2.75) is 30.4 Å². The van der Waals surface area contributed by atoms with Crippen LogP contribution in [0.25, 0.3) is 5.95 Å². The Morgan fingerprint density at radius 1 is 1.15 bits per heavy atom. The largest absolute Gasteiger partial charge is 0.323 e. The third kappa shape index (κ3) is 4.37. The number of carbonyl (C=O) groups excluding carboxylic acids is 1. The zero-order valence-electron chi connectivity index (χ0n) is 14.9. The van der Waals surface area contributed by atoms with E-state index in [2.05, 4.69) is 20.3 Å². The number of anilines is 1. The smallest absolute Gasteiger partial charge is 0.234 e. The maximum absolute atomic E-state index is 12.2. The van der Waals surface area contributed by atoms with Gasteiger partial charge in [0.2, 0.25) is 11.9 Å². The molecule has 1 amide bonds. The van der Waals surface area contributed by atoms with Crippen molar-refractivity contribution in [3.05, 3.63) is 60.9 Å². The number of hydrogen-bond donors (Lipinski definition) is 1.